The van der Waals surface area contributed by atoms with Crippen molar-refractivity contribution in [3.8, 4) is 12.3 Å². The van der Waals surface area contributed by atoms with Gasteiger partial charge in [0, 0.05) is 19.4 Å². The Balaban J connectivity index is 3.86. The van der Waals surface area contributed by atoms with Crippen LogP contribution in [0.15, 0.2) is 0 Å². The monoisotopic (exact) mass is 225 g/mol. The van der Waals surface area contributed by atoms with E-state index in [-0.39, 0.29) is 18.7 Å². The lowest BCUT2D eigenvalue weighted by Crippen LogP contribution is -2.30. The van der Waals surface area contributed by atoms with Crippen LogP contribution >= 0.6 is 0 Å². The lowest BCUT2D eigenvalue weighted by atomic mass is 9.85. The molecule has 0 aromatic heterocycles. The molecule has 0 aliphatic rings. The lowest BCUT2D eigenvalue weighted by Gasteiger charge is -2.21. The Labute approximate surface area is 96.4 Å². The van der Waals surface area contributed by atoms with Crippen LogP contribution in [0, 0.1) is 17.8 Å². The summed E-state index contributed by atoms with van der Waals surface area (Å²) in [5, 5.41) is 11.4. The number of amides is 1. The highest BCUT2D eigenvalue weighted by atomic mass is 16.4. The maximum Gasteiger partial charge on any atom is 0.303 e. The molecule has 0 aromatic carbocycles. The highest BCUT2D eigenvalue weighted by molar-refractivity contribution is 5.77. The second-order valence-electron chi connectivity index (χ2n) is 4.57. The van der Waals surface area contributed by atoms with Crippen molar-refractivity contribution in [3.05, 3.63) is 0 Å². The molecule has 0 aliphatic heterocycles. The van der Waals surface area contributed by atoms with Gasteiger partial charge in [0.2, 0.25) is 5.91 Å². The quantitative estimate of drug-likeness (QED) is 0.508. The van der Waals surface area contributed by atoms with Crippen molar-refractivity contribution in [3.63, 3.8) is 0 Å². The fourth-order valence-corrected chi connectivity index (χ4v) is 1.39. The molecule has 0 spiro atoms. The highest BCUT2D eigenvalue weighted by Gasteiger charge is 2.24. The number of carbonyl (C=O) groups excluding carboxylic acids is 1. The molecule has 90 valence electrons. The Hall–Kier alpha value is -1.50. The van der Waals surface area contributed by atoms with Gasteiger partial charge in [0.15, 0.2) is 0 Å². The molecule has 2 N–H and O–H groups in total. The van der Waals surface area contributed by atoms with E-state index in [1.165, 1.54) is 0 Å². The van der Waals surface area contributed by atoms with E-state index in [9.17, 15) is 9.59 Å². The van der Waals surface area contributed by atoms with Gasteiger partial charge in [0.25, 0.3) is 0 Å². The molecule has 0 heterocycles. The Morgan fingerprint density at radius 2 is 2.00 bits per heavy atom. The van der Waals surface area contributed by atoms with Crippen molar-refractivity contribution >= 4 is 11.9 Å². The number of nitrogens with one attached hydrogen (secondary N) is 1. The fraction of sp³-hybridized carbons (Fsp3) is 0.667. The van der Waals surface area contributed by atoms with Crippen molar-refractivity contribution in [1.29, 1.82) is 0 Å². The van der Waals surface area contributed by atoms with Gasteiger partial charge in [-0.15, -0.1) is 12.3 Å². The van der Waals surface area contributed by atoms with Crippen molar-refractivity contribution < 1.29 is 14.7 Å². The first-order chi connectivity index (χ1) is 7.37. The number of carboxylic acids is 1. The first kappa shape index (κ1) is 14.5. The Bertz CT molecular complexity index is 289. The number of hydrogen-bond donors (Lipinski definition) is 2. The zero-order chi connectivity index (χ0) is 12.6. The van der Waals surface area contributed by atoms with Gasteiger partial charge in [-0.05, 0) is 11.8 Å². The van der Waals surface area contributed by atoms with E-state index < -0.39 is 11.4 Å². The summed E-state index contributed by atoms with van der Waals surface area (Å²) in [4.78, 5) is 22.0. The predicted octanol–water partition coefficient (Wildman–Crippen LogP) is 1.41. The highest BCUT2D eigenvalue weighted by Crippen LogP contribution is 2.24. The predicted molar refractivity (Wildman–Crippen MR) is 61.7 cm³/mol. The third-order valence-corrected chi connectivity index (χ3v) is 2.09. The molecule has 0 saturated carbocycles. The van der Waals surface area contributed by atoms with E-state index in [2.05, 4.69) is 11.2 Å². The number of hydrogen-bond acceptors (Lipinski definition) is 2. The molecule has 16 heavy (non-hydrogen) atoms. The second kappa shape index (κ2) is 6.89. The maximum absolute atomic E-state index is 11.4. The molecule has 0 unspecified atom stereocenters. The summed E-state index contributed by atoms with van der Waals surface area (Å²) < 4.78 is 0. The molecular formula is C12H19NO3. The van der Waals surface area contributed by atoms with Crippen LogP contribution in [0.5, 0.6) is 0 Å². The summed E-state index contributed by atoms with van der Waals surface area (Å²) in [5.74, 6) is 1.48. The minimum atomic E-state index is -0.884. The molecule has 0 bridgehead atoms. The van der Waals surface area contributed by atoms with Gasteiger partial charge in [0.1, 0.15) is 0 Å². The molecule has 0 fully saturated rings. The van der Waals surface area contributed by atoms with Crippen LogP contribution in [-0.4, -0.2) is 23.5 Å². The summed E-state index contributed by atoms with van der Waals surface area (Å²) in [5.41, 5.74) is -0.512. The topological polar surface area (TPSA) is 66.4 Å². The number of rotatable bonds is 7. The van der Waals surface area contributed by atoms with Gasteiger partial charge in [-0.25, -0.2) is 0 Å². The molecule has 0 atom stereocenters. The van der Waals surface area contributed by atoms with E-state index in [0.29, 0.717) is 13.0 Å². The molecule has 4 heteroatoms. The number of terminal acetylenes is 1. The summed E-state index contributed by atoms with van der Waals surface area (Å²) >= 11 is 0. The van der Waals surface area contributed by atoms with Crippen molar-refractivity contribution in [2.75, 3.05) is 6.54 Å². The number of aliphatic carboxylic acids is 1. The minimum Gasteiger partial charge on any atom is -0.481 e. The van der Waals surface area contributed by atoms with Crippen LogP contribution < -0.4 is 5.32 Å². The fourth-order valence-electron chi connectivity index (χ4n) is 1.39. The zero-order valence-electron chi connectivity index (χ0n) is 9.88. The largest absolute Gasteiger partial charge is 0.481 e. The number of carboxylic acid groups (broad SMARTS) is 1. The van der Waals surface area contributed by atoms with Crippen LogP contribution in [0.2, 0.25) is 0 Å². The molecule has 0 aliphatic carbocycles. The molecule has 0 saturated heterocycles. The second-order valence-corrected chi connectivity index (χ2v) is 4.57. The van der Waals surface area contributed by atoms with Crippen LogP contribution in [0.3, 0.4) is 0 Å². The number of unbranched alkanes of at least 4 members (excludes halogenated alkanes) is 1. The number of carbonyl (C=O) groups is 2. The van der Waals surface area contributed by atoms with E-state index >= 15 is 0 Å². The molecule has 1 amide bonds. The zero-order valence-corrected chi connectivity index (χ0v) is 9.88. The third-order valence-electron chi connectivity index (χ3n) is 2.09. The Morgan fingerprint density at radius 1 is 1.38 bits per heavy atom. The normalized spacial score (nSPS) is 10.6. The van der Waals surface area contributed by atoms with Gasteiger partial charge in [-0.2, -0.15) is 0 Å². The average Bonchev–Trinajstić information content (AvgIpc) is 2.09. The smallest absolute Gasteiger partial charge is 0.303 e. The minimum absolute atomic E-state index is 0.00915. The first-order valence-corrected chi connectivity index (χ1v) is 5.29. The lowest BCUT2D eigenvalue weighted by molar-refractivity contribution is -0.139. The van der Waals surface area contributed by atoms with E-state index in [0.717, 1.165) is 6.42 Å². The molecular weight excluding hydrogens is 206 g/mol. The molecule has 0 rings (SSSR count). The van der Waals surface area contributed by atoms with E-state index in [1.807, 2.05) is 0 Å². The van der Waals surface area contributed by atoms with Crippen LogP contribution in [0.25, 0.3) is 0 Å². The Morgan fingerprint density at radius 3 is 2.50 bits per heavy atom. The van der Waals surface area contributed by atoms with Crippen molar-refractivity contribution in [1.82, 2.24) is 5.32 Å². The van der Waals surface area contributed by atoms with Gasteiger partial charge in [0.05, 0.1) is 6.42 Å². The third kappa shape index (κ3) is 7.86. The Kier molecular flexibility index (Phi) is 6.24. The summed E-state index contributed by atoms with van der Waals surface area (Å²) in [6.45, 7) is 4.08. The van der Waals surface area contributed by atoms with E-state index in [4.69, 9.17) is 11.5 Å². The van der Waals surface area contributed by atoms with Gasteiger partial charge in [-0.3, -0.25) is 9.59 Å². The van der Waals surface area contributed by atoms with Crippen LogP contribution in [-0.2, 0) is 9.59 Å². The van der Waals surface area contributed by atoms with Crippen molar-refractivity contribution in [2.24, 2.45) is 5.41 Å². The first-order valence-electron chi connectivity index (χ1n) is 5.29. The summed E-state index contributed by atoms with van der Waals surface area (Å²) in [7, 11) is 0. The van der Waals surface area contributed by atoms with Crippen LogP contribution in [0.4, 0.5) is 0 Å². The van der Waals surface area contributed by atoms with Gasteiger partial charge < -0.3 is 10.4 Å². The molecule has 4 nitrogen and oxygen atoms in total. The van der Waals surface area contributed by atoms with Gasteiger partial charge in [-0.1, -0.05) is 13.8 Å². The molecule has 0 radical (unpaired) electrons. The molecule has 0 aromatic rings. The average molecular weight is 225 g/mol. The summed E-state index contributed by atoms with van der Waals surface area (Å²) in [6, 6.07) is 0. The van der Waals surface area contributed by atoms with E-state index in [1.54, 1.807) is 13.8 Å². The standard InChI is InChI=1S/C12H19NO3/c1-4-5-6-7-13-10(14)8-12(2,3)9-11(15)16/h1H,5-9H2,2-3H3,(H,13,14)(H,15,16). The van der Waals surface area contributed by atoms with Gasteiger partial charge >= 0.3 is 5.97 Å². The maximum atomic E-state index is 11.4. The van der Waals surface area contributed by atoms with Crippen molar-refractivity contribution in [2.45, 2.75) is 39.5 Å². The SMILES string of the molecule is C#CCCCNC(=O)CC(C)(C)CC(=O)O. The van der Waals surface area contributed by atoms with Crippen LogP contribution in [0.1, 0.15) is 39.5 Å². The summed E-state index contributed by atoms with van der Waals surface area (Å²) in [6.07, 6.45) is 6.67.